The Hall–Kier alpha value is -2.04. The minimum Gasteiger partial charge on any atom is -0.359 e. The average molecular weight is 374 g/mol. The van der Waals surface area contributed by atoms with Gasteiger partial charge in [0, 0.05) is 26.1 Å². The molecule has 1 saturated heterocycles. The zero-order valence-electron chi connectivity index (χ0n) is 17.4. The van der Waals surface area contributed by atoms with Crippen LogP contribution < -0.4 is 10.6 Å². The smallest absolute Gasteiger partial charge is 0.317 e. The van der Waals surface area contributed by atoms with E-state index < -0.39 is 0 Å². The summed E-state index contributed by atoms with van der Waals surface area (Å²) in [5, 5.41) is 5.92. The molecule has 1 aromatic rings. The first-order chi connectivity index (χ1) is 12.9. The maximum atomic E-state index is 12.8. The van der Waals surface area contributed by atoms with Gasteiger partial charge in [-0.25, -0.2) is 4.79 Å². The van der Waals surface area contributed by atoms with Gasteiger partial charge < -0.3 is 15.5 Å². The molecule has 1 aliphatic heterocycles. The van der Waals surface area contributed by atoms with Crippen LogP contribution >= 0.6 is 0 Å². The fraction of sp³-hybridized carbons (Fsp3) is 0.636. The van der Waals surface area contributed by atoms with Gasteiger partial charge in [-0.2, -0.15) is 0 Å². The number of piperidine rings is 1. The van der Waals surface area contributed by atoms with Gasteiger partial charge in [0.2, 0.25) is 5.91 Å². The lowest BCUT2D eigenvalue weighted by Crippen LogP contribution is -2.48. The van der Waals surface area contributed by atoms with Gasteiger partial charge in [0.05, 0.1) is 6.04 Å². The number of hydrogen-bond acceptors (Lipinski definition) is 2. The molecule has 150 valence electrons. The number of hydrogen-bond donors (Lipinski definition) is 2. The van der Waals surface area contributed by atoms with Gasteiger partial charge in [-0.3, -0.25) is 4.79 Å². The van der Waals surface area contributed by atoms with Crippen molar-refractivity contribution in [3.05, 3.63) is 35.4 Å². The summed E-state index contributed by atoms with van der Waals surface area (Å²) in [6.07, 6.45) is 2.57. The summed E-state index contributed by atoms with van der Waals surface area (Å²) in [5.74, 6) is 0.948. The van der Waals surface area contributed by atoms with Crippen LogP contribution in [0.15, 0.2) is 24.3 Å². The number of rotatable bonds is 6. The van der Waals surface area contributed by atoms with Gasteiger partial charge in [0.1, 0.15) is 0 Å². The highest BCUT2D eigenvalue weighted by atomic mass is 16.2. The highest BCUT2D eigenvalue weighted by molar-refractivity contribution is 5.79. The second kappa shape index (κ2) is 9.77. The maximum Gasteiger partial charge on any atom is 0.317 e. The summed E-state index contributed by atoms with van der Waals surface area (Å²) in [6, 6.07) is 8.60. The molecule has 0 spiro atoms. The van der Waals surface area contributed by atoms with E-state index in [1.165, 1.54) is 5.56 Å². The molecular formula is C22H35N3O2. The Labute approximate surface area is 163 Å². The second-order valence-corrected chi connectivity index (χ2v) is 8.02. The first-order valence-electron chi connectivity index (χ1n) is 10.2. The number of amides is 3. The SMILES string of the molecule is CC[C@H](C)c1ccc([C@@H](NC(=O)N2CCC(C(=O)NC)CC2)C(C)C)cc1. The van der Waals surface area contributed by atoms with Crippen molar-refractivity contribution in [1.82, 2.24) is 15.5 Å². The summed E-state index contributed by atoms with van der Waals surface area (Å²) in [4.78, 5) is 26.4. The van der Waals surface area contributed by atoms with E-state index in [1.807, 2.05) is 4.90 Å². The van der Waals surface area contributed by atoms with Gasteiger partial charge in [0.15, 0.2) is 0 Å². The zero-order chi connectivity index (χ0) is 20.0. The van der Waals surface area contributed by atoms with Crippen LogP contribution in [0.5, 0.6) is 0 Å². The molecule has 1 aromatic carbocycles. The van der Waals surface area contributed by atoms with E-state index in [4.69, 9.17) is 0 Å². The van der Waals surface area contributed by atoms with Gasteiger partial charge in [-0.15, -0.1) is 0 Å². The molecule has 2 N–H and O–H groups in total. The van der Waals surface area contributed by atoms with Gasteiger partial charge in [-0.05, 0) is 42.2 Å². The molecule has 1 fully saturated rings. The molecule has 5 heteroatoms. The van der Waals surface area contributed by atoms with E-state index >= 15 is 0 Å². The molecule has 0 aliphatic carbocycles. The van der Waals surface area contributed by atoms with Crippen LogP contribution in [-0.4, -0.2) is 37.0 Å². The molecule has 27 heavy (non-hydrogen) atoms. The fourth-order valence-corrected chi connectivity index (χ4v) is 3.68. The van der Waals surface area contributed by atoms with Crippen LogP contribution in [0.1, 0.15) is 70.0 Å². The van der Waals surface area contributed by atoms with Gasteiger partial charge >= 0.3 is 6.03 Å². The van der Waals surface area contributed by atoms with Crippen LogP contribution in [0.3, 0.4) is 0 Å². The normalized spacial score (nSPS) is 17.5. The fourth-order valence-electron chi connectivity index (χ4n) is 3.68. The summed E-state index contributed by atoms with van der Waals surface area (Å²) in [7, 11) is 1.67. The molecule has 0 saturated carbocycles. The Morgan fingerprint density at radius 2 is 1.63 bits per heavy atom. The predicted octanol–water partition coefficient (Wildman–Crippen LogP) is 4.06. The zero-order valence-corrected chi connectivity index (χ0v) is 17.4. The third-order valence-corrected chi connectivity index (χ3v) is 5.82. The molecule has 3 amide bonds. The van der Waals surface area contributed by atoms with Crippen molar-refractivity contribution >= 4 is 11.9 Å². The average Bonchev–Trinajstić information content (AvgIpc) is 2.70. The van der Waals surface area contributed by atoms with Crippen molar-refractivity contribution in [1.29, 1.82) is 0 Å². The Balaban J connectivity index is 2.00. The highest BCUT2D eigenvalue weighted by Crippen LogP contribution is 2.26. The summed E-state index contributed by atoms with van der Waals surface area (Å²) in [5.41, 5.74) is 2.48. The molecule has 0 bridgehead atoms. The standard InChI is InChI=1S/C22H35N3O2/c1-6-16(4)17-7-9-18(10-8-17)20(15(2)3)24-22(27)25-13-11-19(12-14-25)21(26)23-5/h7-10,15-16,19-20H,6,11-14H2,1-5H3,(H,23,26)(H,24,27)/t16-,20-/m0/s1. The van der Waals surface area contributed by atoms with Crippen LogP contribution in [0, 0.1) is 11.8 Å². The summed E-state index contributed by atoms with van der Waals surface area (Å²) >= 11 is 0. The van der Waals surface area contributed by atoms with E-state index in [-0.39, 0.29) is 23.9 Å². The van der Waals surface area contributed by atoms with Crippen molar-refractivity contribution in [2.24, 2.45) is 11.8 Å². The molecule has 5 nitrogen and oxygen atoms in total. The van der Waals surface area contributed by atoms with Crippen molar-refractivity contribution in [3.63, 3.8) is 0 Å². The Kier molecular flexibility index (Phi) is 7.69. The lowest BCUT2D eigenvalue weighted by Gasteiger charge is -2.33. The molecule has 2 rings (SSSR count). The second-order valence-electron chi connectivity index (χ2n) is 8.02. The number of nitrogens with zero attached hydrogens (tertiary/aromatic N) is 1. The molecule has 2 atom stereocenters. The van der Waals surface area contributed by atoms with E-state index in [2.05, 4.69) is 62.6 Å². The number of likely N-dealkylation sites (tertiary alicyclic amines) is 1. The van der Waals surface area contributed by atoms with E-state index in [9.17, 15) is 9.59 Å². The van der Waals surface area contributed by atoms with E-state index in [0.717, 1.165) is 24.8 Å². The first-order valence-corrected chi connectivity index (χ1v) is 10.2. The maximum absolute atomic E-state index is 12.8. The van der Waals surface area contributed by atoms with E-state index in [1.54, 1.807) is 7.05 Å². The number of urea groups is 1. The third kappa shape index (κ3) is 5.47. The highest BCUT2D eigenvalue weighted by Gasteiger charge is 2.28. The lowest BCUT2D eigenvalue weighted by atomic mass is 9.92. The van der Waals surface area contributed by atoms with Crippen molar-refractivity contribution < 1.29 is 9.59 Å². The van der Waals surface area contributed by atoms with Crippen molar-refractivity contribution in [2.45, 2.75) is 58.9 Å². The molecule has 1 heterocycles. The lowest BCUT2D eigenvalue weighted by molar-refractivity contribution is -0.125. The van der Waals surface area contributed by atoms with Gasteiger partial charge in [0.25, 0.3) is 0 Å². The minimum absolute atomic E-state index is 0.0138. The molecular weight excluding hydrogens is 338 g/mol. The van der Waals surface area contributed by atoms with Crippen LogP contribution in [0.4, 0.5) is 4.79 Å². The topological polar surface area (TPSA) is 61.4 Å². The molecule has 0 radical (unpaired) electrons. The number of nitrogens with one attached hydrogen (secondary N) is 2. The quantitative estimate of drug-likeness (QED) is 0.790. The van der Waals surface area contributed by atoms with E-state index in [0.29, 0.717) is 24.9 Å². The summed E-state index contributed by atoms with van der Waals surface area (Å²) in [6.45, 7) is 9.95. The molecule has 1 aliphatic rings. The monoisotopic (exact) mass is 373 g/mol. The number of carbonyl (C=O) groups excluding carboxylic acids is 2. The first kappa shape index (κ1) is 21.3. The Bertz CT molecular complexity index is 619. The Morgan fingerprint density at radius 3 is 2.11 bits per heavy atom. The predicted molar refractivity (Wildman–Crippen MR) is 110 cm³/mol. The van der Waals surface area contributed by atoms with Crippen molar-refractivity contribution in [2.75, 3.05) is 20.1 Å². The van der Waals surface area contributed by atoms with Gasteiger partial charge in [-0.1, -0.05) is 52.0 Å². The summed E-state index contributed by atoms with van der Waals surface area (Å²) < 4.78 is 0. The van der Waals surface area contributed by atoms with Crippen LogP contribution in [-0.2, 0) is 4.79 Å². The van der Waals surface area contributed by atoms with Crippen molar-refractivity contribution in [3.8, 4) is 0 Å². The molecule has 0 aromatic heterocycles. The minimum atomic E-state index is -0.0324. The van der Waals surface area contributed by atoms with Crippen LogP contribution in [0.25, 0.3) is 0 Å². The Morgan fingerprint density at radius 1 is 1.07 bits per heavy atom. The largest absolute Gasteiger partial charge is 0.359 e. The molecule has 0 unspecified atom stereocenters. The third-order valence-electron chi connectivity index (χ3n) is 5.82. The number of benzene rings is 1. The van der Waals surface area contributed by atoms with Crippen LogP contribution in [0.2, 0.25) is 0 Å². The number of carbonyl (C=O) groups is 2.